The summed E-state index contributed by atoms with van der Waals surface area (Å²) in [5, 5.41) is 2.97. The van der Waals surface area contributed by atoms with E-state index in [1.165, 1.54) is 0 Å². The van der Waals surface area contributed by atoms with E-state index >= 15 is 0 Å². The maximum atomic E-state index is 12.7. The van der Waals surface area contributed by atoms with Crippen LogP contribution < -0.4 is 10.1 Å². The summed E-state index contributed by atoms with van der Waals surface area (Å²) in [6, 6.07) is 9.54. The van der Waals surface area contributed by atoms with Crippen molar-refractivity contribution in [2.75, 3.05) is 20.2 Å². The Balaban J connectivity index is 1.44. The number of aromatic amines is 1. The molecule has 0 saturated carbocycles. The van der Waals surface area contributed by atoms with Crippen molar-refractivity contribution in [3.05, 3.63) is 53.3 Å². The minimum atomic E-state index is 0.0488. The number of nitrogens with one attached hydrogen (secondary N) is 2. The van der Waals surface area contributed by atoms with Crippen molar-refractivity contribution in [1.29, 1.82) is 0 Å². The summed E-state index contributed by atoms with van der Waals surface area (Å²) in [5.74, 6) is 1.30. The summed E-state index contributed by atoms with van der Waals surface area (Å²) in [4.78, 5) is 29.9. The minimum Gasteiger partial charge on any atom is -0.497 e. The van der Waals surface area contributed by atoms with E-state index in [0.717, 1.165) is 54.9 Å². The monoisotopic (exact) mass is 383 g/mol. The second-order valence-electron chi connectivity index (χ2n) is 7.44. The lowest BCUT2D eigenvalue weighted by molar-refractivity contribution is -0.121. The van der Waals surface area contributed by atoms with Crippen molar-refractivity contribution in [2.24, 2.45) is 5.92 Å². The quantitative estimate of drug-likeness (QED) is 0.770. The van der Waals surface area contributed by atoms with Gasteiger partial charge in [0.05, 0.1) is 12.7 Å². The second kappa shape index (κ2) is 9.44. The topological polar surface area (TPSA) is 74.4 Å². The lowest BCUT2D eigenvalue weighted by atomic mass is 9.93. The molecule has 150 valence electrons. The van der Waals surface area contributed by atoms with Crippen LogP contribution in [-0.2, 0) is 11.3 Å². The number of amides is 2. The number of carbonyl (C=O) groups is 2. The first-order valence-corrected chi connectivity index (χ1v) is 9.89. The summed E-state index contributed by atoms with van der Waals surface area (Å²) in [6.07, 6.45) is 5.15. The van der Waals surface area contributed by atoms with Crippen LogP contribution in [0.5, 0.6) is 5.75 Å². The summed E-state index contributed by atoms with van der Waals surface area (Å²) >= 11 is 0. The molecule has 6 nitrogen and oxygen atoms in total. The van der Waals surface area contributed by atoms with Crippen molar-refractivity contribution in [3.63, 3.8) is 0 Å². The van der Waals surface area contributed by atoms with Crippen molar-refractivity contribution >= 4 is 11.8 Å². The Bertz CT molecular complexity index is 815. The second-order valence-corrected chi connectivity index (χ2v) is 7.44. The Labute approximate surface area is 166 Å². The molecule has 6 heteroatoms. The normalized spacial score (nSPS) is 16.6. The predicted molar refractivity (Wildman–Crippen MR) is 108 cm³/mol. The highest BCUT2D eigenvalue weighted by atomic mass is 16.5. The first kappa shape index (κ1) is 20.0. The SMILES string of the molecule is COc1cccc(CNC(=O)CCC2CCCN(C(=O)c3cc[nH]c3C)C2)c1. The Morgan fingerprint density at radius 3 is 2.93 bits per heavy atom. The average Bonchev–Trinajstić information content (AvgIpc) is 3.16. The molecule has 1 aromatic heterocycles. The van der Waals surface area contributed by atoms with Crippen LogP contribution in [-0.4, -0.2) is 41.9 Å². The van der Waals surface area contributed by atoms with Crippen LogP contribution in [0.25, 0.3) is 0 Å². The van der Waals surface area contributed by atoms with Gasteiger partial charge in [-0.05, 0) is 55.9 Å². The average molecular weight is 383 g/mol. The van der Waals surface area contributed by atoms with E-state index in [1.54, 1.807) is 13.3 Å². The number of likely N-dealkylation sites (tertiary alicyclic amines) is 1. The van der Waals surface area contributed by atoms with E-state index in [-0.39, 0.29) is 11.8 Å². The Hall–Kier alpha value is -2.76. The van der Waals surface area contributed by atoms with Gasteiger partial charge in [0.2, 0.25) is 5.91 Å². The van der Waals surface area contributed by atoms with Crippen molar-refractivity contribution in [2.45, 2.75) is 39.2 Å². The number of benzene rings is 1. The van der Waals surface area contributed by atoms with Gasteiger partial charge in [0, 0.05) is 37.9 Å². The standard InChI is InChI=1S/C22H29N3O3/c1-16-20(10-11-23-16)22(27)25-12-4-6-17(15-25)8-9-21(26)24-14-18-5-3-7-19(13-18)28-2/h3,5,7,10-11,13,17,23H,4,6,8-9,12,14-15H2,1-2H3,(H,24,26). The van der Waals surface area contributed by atoms with Crippen LogP contribution in [0.3, 0.4) is 0 Å². The molecule has 0 spiro atoms. The lowest BCUT2D eigenvalue weighted by Gasteiger charge is -2.32. The van der Waals surface area contributed by atoms with Gasteiger partial charge in [-0.3, -0.25) is 9.59 Å². The number of ether oxygens (including phenoxy) is 1. The molecule has 2 heterocycles. The summed E-state index contributed by atoms with van der Waals surface area (Å²) < 4.78 is 5.21. The van der Waals surface area contributed by atoms with Crippen molar-refractivity contribution in [1.82, 2.24) is 15.2 Å². The third kappa shape index (κ3) is 5.15. The number of nitrogens with zero attached hydrogens (tertiary/aromatic N) is 1. The van der Waals surface area contributed by atoms with Gasteiger partial charge in [-0.15, -0.1) is 0 Å². The number of methoxy groups -OCH3 is 1. The van der Waals surface area contributed by atoms with E-state index in [2.05, 4.69) is 10.3 Å². The van der Waals surface area contributed by atoms with Gasteiger partial charge in [0.15, 0.2) is 0 Å². The van der Waals surface area contributed by atoms with Crippen molar-refractivity contribution < 1.29 is 14.3 Å². The molecule has 0 radical (unpaired) electrons. The molecule has 0 aliphatic carbocycles. The number of H-pyrrole nitrogens is 1. The van der Waals surface area contributed by atoms with Crippen molar-refractivity contribution in [3.8, 4) is 5.75 Å². The zero-order chi connectivity index (χ0) is 19.9. The van der Waals surface area contributed by atoms with Gasteiger partial charge in [-0.2, -0.15) is 0 Å². The maximum Gasteiger partial charge on any atom is 0.255 e. The highest BCUT2D eigenvalue weighted by Gasteiger charge is 2.25. The number of aromatic nitrogens is 1. The Morgan fingerprint density at radius 2 is 2.18 bits per heavy atom. The molecule has 2 aromatic rings. The molecule has 2 N–H and O–H groups in total. The fourth-order valence-electron chi connectivity index (χ4n) is 3.75. The predicted octanol–water partition coefficient (Wildman–Crippen LogP) is 3.28. The molecule has 28 heavy (non-hydrogen) atoms. The highest BCUT2D eigenvalue weighted by Crippen LogP contribution is 2.23. The molecule has 1 saturated heterocycles. The van der Waals surface area contributed by atoms with Gasteiger partial charge >= 0.3 is 0 Å². The summed E-state index contributed by atoms with van der Waals surface area (Å²) in [5.41, 5.74) is 2.67. The third-order valence-electron chi connectivity index (χ3n) is 5.39. The number of rotatable bonds is 7. The van der Waals surface area contributed by atoms with E-state index in [4.69, 9.17) is 4.74 Å². The van der Waals surface area contributed by atoms with Crippen LogP contribution in [0.15, 0.2) is 36.5 Å². The zero-order valence-electron chi connectivity index (χ0n) is 16.7. The number of hydrogen-bond acceptors (Lipinski definition) is 3. The number of hydrogen-bond donors (Lipinski definition) is 2. The van der Waals surface area contributed by atoms with E-state index < -0.39 is 0 Å². The fraction of sp³-hybridized carbons (Fsp3) is 0.455. The molecule has 1 aromatic carbocycles. The van der Waals surface area contributed by atoms with Gasteiger partial charge in [0.1, 0.15) is 5.75 Å². The Morgan fingerprint density at radius 1 is 1.32 bits per heavy atom. The molecule has 0 bridgehead atoms. The van der Waals surface area contributed by atoms with Crippen LogP contribution in [0, 0.1) is 12.8 Å². The summed E-state index contributed by atoms with van der Waals surface area (Å²) in [7, 11) is 1.63. The fourth-order valence-corrected chi connectivity index (χ4v) is 3.75. The molecule has 1 fully saturated rings. The first-order valence-electron chi connectivity index (χ1n) is 9.89. The molecular formula is C22H29N3O3. The van der Waals surface area contributed by atoms with Gasteiger partial charge in [-0.1, -0.05) is 12.1 Å². The number of aryl methyl sites for hydroxylation is 1. The summed E-state index contributed by atoms with van der Waals surface area (Å²) in [6.45, 7) is 3.94. The smallest absolute Gasteiger partial charge is 0.255 e. The Kier molecular flexibility index (Phi) is 6.74. The van der Waals surface area contributed by atoms with Crippen LogP contribution in [0.1, 0.15) is 47.3 Å². The molecule has 1 atom stereocenters. The molecular weight excluding hydrogens is 354 g/mol. The lowest BCUT2D eigenvalue weighted by Crippen LogP contribution is -2.40. The maximum absolute atomic E-state index is 12.7. The molecule has 1 unspecified atom stereocenters. The third-order valence-corrected chi connectivity index (χ3v) is 5.39. The minimum absolute atomic E-state index is 0.0488. The van der Waals surface area contributed by atoms with Gasteiger partial charge in [-0.25, -0.2) is 0 Å². The van der Waals surface area contributed by atoms with Gasteiger partial charge in [0.25, 0.3) is 5.91 Å². The van der Waals surface area contributed by atoms with Gasteiger partial charge < -0.3 is 19.9 Å². The molecule has 1 aliphatic rings. The highest BCUT2D eigenvalue weighted by molar-refractivity contribution is 5.95. The number of piperidine rings is 1. The van der Waals surface area contributed by atoms with E-state index in [1.807, 2.05) is 42.2 Å². The largest absolute Gasteiger partial charge is 0.497 e. The molecule has 1 aliphatic heterocycles. The van der Waals surface area contributed by atoms with E-state index in [9.17, 15) is 9.59 Å². The molecule has 2 amide bonds. The zero-order valence-corrected chi connectivity index (χ0v) is 16.7. The van der Waals surface area contributed by atoms with E-state index in [0.29, 0.717) is 18.9 Å². The van der Waals surface area contributed by atoms with Crippen LogP contribution in [0.4, 0.5) is 0 Å². The van der Waals surface area contributed by atoms with Crippen LogP contribution in [0.2, 0.25) is 0 Å². The van der Waals surface area contributed by atoms with Crippen LogP contribution >= 0.6 is 0 Å². The number of carbonyl (C=O) groups excluding carboxylic acids is 2. The molecule has 3 rings (SSSR count). The first-order chi connectivity index (χ1) is 13.6.